The van der Waals surface area contributed by atoms with Crippen LogP contribution >= 0.6 is 0 Å². The van der Waals surface area contributed by atoms with E-state index in [0.29, 0.717) is 45.4 Å². The van der Waals surface area contributed by atoms with E-state index in [9.17, 15) is 18.7 Å². The van der Waals surface area contributed by atoms with Gasteiger partial charge in [-0.05, 0) is 43.4 Å². The minimum atomic E-state index is -2.35. The van der Waals surface area contributed by atoms with Crippen molar-refractivity contribution in [1.82, 2.24) is 19.7 Å². The maximum absolute atomic E-state index is 15.2. The van der Waals surface area contributed by atoms with Gasteiger partial charge < -0.3 is 14.4 Å². The van der Waals surface area contributed by atoms with Crippen LogP contribution in [0.15, 0.2) is 30.5 Å². The van der Waals surface area contributed by atoms with E-state index in [2.05, 4.69) is 10.2 Å². The van der Waals surface area contributed by atoms with Gasteiger partial charge in [-0.3, -0.25) is 5.10 Å². The van der Waals surface area contributed by atoms with Crippen LogP contribution in [0.25, 0.3) is 27.8 Å². The summed E-state index contributed by atoms with van der Waals surface area (Å²) in [5, 5.41) is 17.1. The fraction of sp³-hybridized carbons (Fsp3) is 0.400. The topological polar surface area (TPSA) is 93.0 Å². The number of nitrogens with one attached hydrogen (secondary N) is 1. The lowest BCUT2D eigenvalue weighted by Gasteiger charge is -2.29. The summed E-state index contributed by atoms with van der Waals surface area (Å²) < 4.78 is 50.7. The molecule has 2 N–H and O–H groups in total. The third kappa shape index (κ3) is 3.67. The van der Waals surface area contributed by atoms with Gasteiger partial charge in [0.25, 0.3) is 0 Å². The predicted molar refractivity (Wildman–Crippen MR) is 124 cm³/mol. The summed E-state index contributed by atoms with van der Waals surface area (Å²) in [6, 6.07) is 5.47. The Morgan fingerprint density at radius 1 is 1.31 bits per heavy atom. The average molecular weight is 486 g/mol. The molecule has 3 heterocycles. The Bertz CT molecular complexity index is 1460. The number of rotatable bonds is 6. The second-order valence-electron chi connectivity index (χ2n) is 9.89. The molecule has 1 aliphatic rings. The molecular formula is C25H25F3N4O3. The first-order valence-corrected chi connectivity index (χ1v) is 11.3. The van der Waals surface area contributed by atoms with Gasteiger partial charge in [0, 0.05) is 40.9 Å². The Balaban J connectivity index is 1.88. The van der Waals surface area contributed by atoms with Crippen LogP contribution in [0.2, 0.25) is 0 Å². The fourth-order valence-corrected chi connectivity index (χ4v) is 5.40. The number of benzene rings is 1. The van der Waals surface area contributed by atoms with Crippen LogP contribution in [-0.2, 0) is 14.9 Å². The summed E-state index contributed by atoms with van der Waals surface area (Å²) in [4.78, 5) is 16.5. The Hall–Kier alpha value is -3.40. The molecule has 7 nitrogen and oxygen atoms in total. The Morgan fingerprint density at radius 3 is 2.74 bits per heavy atom. The summed E-state index contributed by atoms with van der Waals surface area (Å²) in [5.74, 6) is -3.92. The van der Waals surface area contributed by atoms with Crippen molar-refractivity contribution < 1.29 is 27.8 Å². The van der Waals surface area contributed by atoms with Gasteiger partial charge in [-0.15, -0.1) is 0 Å². The van der Waals surface area contributed by atoms with Gasteiger partial charge in [-0.25, -0.2) is 22.9 Å². The molecule has 1 saturated carbocycles. The number of methoxy groups -OCH3 is 1. The summed E-state index contributed by atoms with van der Waals surface area (Å²) >= 11 is 0. The highest BCUT2D eigenvalue weighted by atomic mass is 19.2. The zero-order valence-corrected chi connectivity index (χ0v) is 19.5. The molecule has 0 saturated heterocycles. The second-order valence-corrected chi connectivity index (χ2v) is 9.89. The van der Waals surface area contributed by atoms with Gasteiger partial charge in [0.2, 0.25) is 5.67 Å². The smallest absolute Gasteiger partial charge is 0.341 e. The summed E-state index contributed by atoms with van der Waals surface area (Å²) in [6.45, 7) is 4.14. The minimum Gasteiger partial charge on any atom is -0.479 e. The average Bonchev–Trinajstić information content (AvgIpc) is 3.50. The Kier molecular flexibility index (Phi) is 5.39. The molecule has 1 unspecified atom stereocenters. The number of aromatic amines is 1. The first-order chi connectivity index (χ1) is 16.6. The SMILES string of the molecule is COCC(C)(C)c1c(C2CC[C@@](F)(C(=O)O)C2)c2nc3[nH]ncc3cc2n1-c1ccc(F)c(F)c1. The third-order valence-electron chi connectivity index (χ3n) is 6.94. The molecule has 3 aromatic heterocycles. The number of H-pyrrole nitrogens is 1. The molecule has 1 aliphatic carbocycles. The van der Waals surface area contributed by atoms with E-state index in [1.807, 2.05) is 19.9 Å². The molecule has 0 aliphatic heterocycles. The predicted octanol–water partition coefficient (Wildman–Crippen LogP) is 5.16. The van der Waals surface area contributed by atoms with E-state index in [4.69, 9.17) is 9.72 Å². The molecule has 0 amide bonds. The van der Waals surface area contributed by atoms with Gasteiger partial charge in [0.1, 0.15) is 0 Å². The highest BCUT2D eigenvalue weighted by Crippen LogP contribution is 2.50. The summed E-state index contributed by atoms with van der Waals surface area (Å²) in [7, 11) is 1.56. The van der Waals surface area contributed by atoms with Crippen molar-refractivity contribution in [3.8, 4) is 5.69 Å². The summed E-state index contributed by atoms with van der Waals surface area (Å²) in [5.41, 5.74) is 0.369. The number of aromatic nitrogens is 4. The zero-order chi connectivity index (χ0) is 25.1. The number of nitrogens with zero attached hydrogens (tertiary/aromatic N) is 3. The van der Waals surface area contributed by atoms with Crippen LogP contribution in [0.5, 0.6) is 0 Å². The molecule has 0 radical (unpaired) electrons. The van der Waals surface area contributed by atoms with Gasteiger partial charge >= 0.3 is 5.97 Å². The van der Waals surface area contributed by atoms with Crippen molar-refractivity contribution in [3.63, 3.8) is 0 Å². The molecule has 0 spiro atoms. The molecular weight excluding hydrogens is 461 g/mol. The van der Waals surface area contributed by atoms with Crippen molar-refractivity contribution in [2.75, 3.05) is 13.7 Å². The Labute approximate surface area is 198 Å². The van der Waals surface area contributed by atoms with Crippen LogP contribution in [0.3, 0.4) is 0 Å². The van der Waals surface area contributed by atoms with E-state index < -0.39 is 34.6 Å². The van der Waals surface area contributed by atoms with Gasteiger partial charge in [0.15, 0.2) is 17.3 Å². The molecule has 4 aromatic rings. The number of alkyl halides is 1. The number of aliphatic carboxylic acids is 1. The van der Waals surface area contributed by atoms with E-state index in [-0.39, 0.29) is 19.4 Å². The molecule has 10 heteroatoms. The maximum atomic E-state index is 15.2. The highest BCUT2D eigenvalue weighted by molar-refractivity contribution is 5.94. The first-order valence-electron chi connectivity index (χ1n) is 11.3. The highest BCUT2D eigenvalue weighted by Gasteiger charge is 2.49. The van der Waals surface area contributed by atoms with Crippen LogP contribution in [-0.4, -0.2) is 50.2 Å². The molecule has 0 bridgehead atoms. The number of fused-ring (bicyclic) bond motifs is 2. The molecule has 5 rings (SSSR count). The van der Waals surface area contributed by atoms with Crippen molar-refractivity contribution in [3.05, 3.63) is 53.4 Å². The number of halogens is 3. The van der Waals surface area contributed by atoms with E-state index >= 15 is 4.39 Å². The minimum absolute atomic E-state index is 0.124. The molecule has 2 atom stereocenters. The first kappa shape index (κ1) is 23.3. The van der Waals surface area contributed by atoms with Crippen LogP contribution in [0.1, 0.15) is 50.3 Å². The standard InChI is InChI=1S/C25H25F3N4O3/c1-24(2,12-35-3)21-19(13-6-7-25(28,10-13)23(33)34)20-18(8-14-11-29-31-22(14)30-20)32(21)15-4-5-16(26)17(27)9-15/h4-5,8-9,11,13H,6-7,10,12H2,1-3H3,(H,33,34)(H,29,30,31)/t13?,25-/m0/s1. The van der Waals surface area contributed by atoms with E-state index in [1.54, 1.807) is 17.9 Å². The monoisotopic (exact) mass is 486 g/mol. The van der Waals surface area contributed by atoms with Crippen molar-refractivity contribution >= 4 is 28.0 Å². The van der Waals surface area contributed by atoms with Crippen LogP contribution in [0.4, 0.5) is 13.2 Å². The lowest BCUT2D eigenvalue weighted by molar-refractivity contribution is -0.150. The molecule has 1 aromatic carbocycles. The molecule has 184 valence electrons. The van der Waals surface area contributed by atoms with Crippen molar-refractivity contribution in [2.45, 2.75) is 50.1 Å². The number of hydrogen-bond donors (Lipinski definition) is 2. The quantitative estimate of drug-likeness (QED) is 0.393. The number of pyridine rings is 1. The second kappa shape index (κ2) is 8.08. The zero-order valence-electron chi connectivity index (χ0n) is 19.5. The van der Waals surface area contributed by atoms with Crippen LogP contribution < -0.4 is 0 Å². The lowest BCUT2D eigenvalue weighted by Crippen LogP contribution is -2.31. The molecule has 1 fully saturated rings. The Morgan fingerprint density at radius 2 is 2.09 bits per heavy atom. The largest absolute Gasteiger partial charge is 0.479 e. The summed E-state index contributed by atoms with van der Waals surface area (Å²) in [6.07, 6.45) is 1.58. The number of ether oxygens (including phenoxy) is 1. The number of hydrogen-bond acceptors (Lipinski definition) is 4. The van der Waals surface area contributed by atoms with E-state index in [1.165, 1.54) is 6.07 Å². The lowest BCUT2D eigenvalue weighted by atomic mass is 9.82. The van der Waals surface area contributed by atoms with Crippen LogP contribution in [0, 0.1) is 11.6 Å². The fourth-order valence-electron chi connectivity index (χ4n) is 5.40. The van der Waals surface area contributed by atoms with Gasteiger partial charge in [-0.2, -0.15) is 5.10 Å². The molecule has 35 heavy (non-hydrogen) atoms. The van der Waals surface area contributed by atoms with E-state index in [0.717, 1.165) is 12.1 Å². The van der Waals surface area contributed by atoms with Crippen molar-refractivity contribution in [1.29, 1.82) is 0 Å². The normalized spacial score (nSPS) is 20.8. The number of carboxylic acid groups (broad SMARTS) is 1. The number of carboxylic acids is 1. The van der Waals surface area contributed by atoms with Gasteiger partial charge in [-0.1, -0.05) is 13.8 Å². The third-order valence-corrected chi connectivity index (χ3v) is 6.94. The maximum Gasteiger partial charge on any atom is 0.341 e. The van der Waals surface area contributed by atoms with Crippen molar-refractivity contribution in [2.24, 2.45) is 0 Å². The number of carbonyl (C=O) groups is 1. The van der Waals surface area contributed by atoms with Gasteiger partial charge in [0.05, 0.1) is 23.8 Å².